The lowest BCUT2D eigenvalue weighted by Gasteiger charge is -2.10. The fraction of sp³-hybridized carbons (Fsp3) is 0.312. The Morgan fingerprint density at radius 1 is 1.25 bits per heavy atom. The lowest BCUT2D eigenvalue weighted by Crippen LogP contribution is -2.13. The van der Waals surface area contributed by atoms with Gasteiger partial charge in [0.25, 0.3) is 10.0 Å². The number of aromatic nitrogens is 1. The summed E-state index contributed by atoms with van der Waals surface area (Å²) in [5.41, 5.74) is 0.603. The van der Waals surface area contributed by atoms with Crippen LogP contribution in [0.3, 0.4) is 0 Å². The Morgan fingerprint density at radius 3 is 2.67 bits per heavy atom. The fourth-order valence-corrected chi connectivity index (χ4v) is 3.12. The number of nitrogens with one attached hydrogen (secondary N) is 2. The second-order valence-electron chi connectivity index (χ2n) is 5.22. The maximum absolute atomic E-state index is 13.3. The molecular formula is C16H20FN3O3S. The van der Waals surface area contributed by atoms with Crippen LogP contribution >= 0.6 is 0 Å². The summed E-state index contributed by atoms with van der Waals surface area (Å²) in [6.45, 7) is 2.88. The summed E-state index contributed by atoms with van der Waals surface area (Å²) < 4.78 is 45.2. The van der Waals surface area contributed by atoms with Crippen LogP contribution < -0.4 is 10.0 Å². The Bertz CT molecular complexity index is 780. The summed E-state index contributed by atoms with van der Waals surface area (Å²) in [6.07, 6.45) is 2.27. The zero-order valence-corrected chi connectivity index (χ0v) is 14.4. The average Bonchev–Trinajstić information content (AvgIpc) is 2.55. The van der Waals surface area contributed by atoms with Gasteiger partial charge in [0.05, 0.1) is 16.8 Å². The van der Waals surface area contributed by atoms with Crippen LogP contribution in [-0.2, 0) is 14.8 Å². The number of sulfonamides is 1. The van der Waals surface area contributed by atoms with Gasteiger partial charge in [0.15, 0.2) is 0 Å². The van der Waals surface area contributed by atoms with Crippen molar-refractivity contribution in [2.45, 2.75) is 18.2 Å². The van der Waals surface area contributed by atoms with Crippen molar-refractivity contribution in [1.82, 2.24) is 4.98 Å². The van der Waals surface area contributed by atoms with E-state index in [0.717, 1.165) is 12.5 Å². The predicted molar refractivity (Wildman–Crippen MR) is 91.2 cm³/mol. The molecule has 2 aromatic rings. The van der Waals surface area contributed by atoms with Crippen molar-refractivity contribution >= 4 is 21.5 Å². The van der Waals surface area contributed by atoms with Crippen LogP contribution in [0.5, 0.6) is 0 Å². The number of rotatable bonds is 8. The smallest absolute Gasteiger partial charge is 0.261 e. The molecule has 6 nitrogen and oxygen atoms in total. The second kappa shape index (κ2) is 8.07. The van der Waals surface area contributed by atoms with Crippen LogP contribution in [-0.4, -0.2) is 33.7 Å². The van der Waals surface area contributed by atoms with E-state index in [-0.39, 0.29) is 10.5 Å². The Labute approximate surface area is 141 Å². The van der Waals surface area contributed by atoms with Crippen molar-refractivity contribution in [1.29, 1.82) is 0 Å². The van der Waals surface area contributed by atoms with Crippen molar-refractivity contribution in [2.24, 2.45) is 0 Å². The van der Waals surface area contributed by atoms with E-state index in [0.29, 0.717) is 24.7 Å². The van der Waals surface area contributed by atoms with E-state index in [1.165, 1.54) is 25.3 Å². The minimum atomic E-state index is -3.78. The molecule has 0 radical (unpaired) electrons. The number of aryl methyl sites for hydroxylation is 1. The number of hydrogen-bond acceptors (Lipinski definition) is 5. The normalized spacial score (nSPS) is 11.3. The minimum Gasteiger partial charge on any atom is -0.385 e. The van der Waals surface area contributed by atoms with E-state index in [2.05, 4.69) is 15.0 Å². The topological polar surface area (TPSA) is 80.3 Å². The number of nitrogens with zero attached hydrogens (tertiary/aromatic N) is 1. The third-order valence-corrected chi connectivity index (χ3v) is 4.67. The van der Waals surface area contributed by atoms with Crippen molar-refractivity contribution in [3.05, 3.63) is 47.9 Å². The molecule has 2 rings (SSSR count). The van der Waals surface area contributed by atoms with Gasteiger partial charge in [0, 0.05) is 20.3 Å². The van der Waals surface area contributed by atoms with Gasteiger partial charge in [-0.1, -0.05) is 0 Å². The van der Waals surface area contributed by atoms with E-state index >= 15 is 0 Å². The molecule has 0 aliphatic heterocycles. The van der Waals surface area contributed by atoms with Crippen molar-refractivity contribution in [3.63, 3.8) is 0 Å². The number of halogens is 1. The van der Waals surface area contributed by atoms with Crippen LogP contribution in [0.15, 0.2) is 41.4 Å². The Kier molecular flexibility index (Phi) is 6.10. The molecule has 0 fully saturated rings. The maximum Gasteiger partial charge on any atom is 0.261 e. The molecular weight excluding hydrogens is 333 g/mol. The SMILES string of the molecule is COCCCNc1ccc(NS(=O)(=O)c2ccc(F)c(C)c2)cn1. The molecule has 0 unspecified atom stereocenters. The summed E-state index contributed by atoms with van der Waals surface area (Å²) in [5, 5.41) is 3.10. The molecule has 0 aliphatic carbocycles. The van der Waals surface area contributed by atoms with Crippen molar-refractivity contribution in [2.75, 3.05) is 30.3 Å². The zero-order chi connectivity index (χ0) is 17.6. The predicted octanol–water partition coefficient (Wildman–Crippen LogP) is 2.78. The number of methoxy groups -OCH3 is 1. The Morgan fingerprint density at radius 2 is 2.04 bits per heavy atom. The molecule has 1 aromatic carbocycles. The van der Waals surface area contributed by atoms with E-state index in [9.17, 15) is 12.8 Å². The molecule has 0 bridgehead atoms. The van der Waals surface area contributed by atoms with Crippen molar-refractivity contribution < 1.29 is 17.5 Å². The first kappa shape index (κ1) is 18.2. The summed E-state index contributed by atoms with van der Waals surface area (Å²) in [7, 11) is -2.14. The average molecular weight is 353 g/mol. The molecule has 0 aliphatic rings. The fourth-order valence-electron chi connectivity index (χ4n) is 1.99. The van der Waals surface area contributed by atoms with Gasteiger partial charge in [-0.15, -0.1) is 0 Å². The first-order valence-corrected chi connectivity index (χ1v) is 8.88. The number of anilines is 2. The molecule has 0 atom stereocenters. The number of pyridine rings is 1. The molecule has 0 amide bonds. The number of ether oxygens (including phenoxy) is 1. The summed E-state index contributed by atoms with van der Waals surface area (Å²) in [6, 6.07) is 6.94. The molecule has 24 heavy (non-hydrogen) atoms. The second-order valence-corrected chi connectivity index (χ2v) is 6.90. The zero-order valence-electron chi connectivity index (χ0n) is 13.5. The third kappa shape index (κ3) is 4.90. The largest absolute Gasteiger partial charge is 0.385 e. The van der Waals surface area contributed by atoms with Crippen LogP contribution in [0, 0.1) is 12.7 Å². The lowest BCUT2D eigenvalue weighted by atomic mass is 10.2. The molecule has 1 heterocycles. The van der Waals surface area contributed by atoms with Crippen LogP contribution in [0.1, 0.15) is 12.0 Å². The van der Waals surface area contributed by atoms with Gasteiger partial charge in [0.1, 0.15) is 11.6 Å². The molecule has 130 valence electrons. The highest BCUT2D eigenvalue weighted by molar-refractivity contribution is 7.92. The number of benzene rings is 1. The quantitative estimate of drug-likeness (QED) is 0.713. The Hall–Kier alpha value is -2.19. The molecule has 0 spiro atoms. The summed E-state index contributed by atoms with van der Waals surface area (Å²) in [4.78, 5) is 4.15. The monoisotopic (exact) mass is 353 g/mol. The summed E-state index contributed by atoms with van der Waals surface area (Å²) >= 11 is 0. The van der Waals surface area contributed by atoms with Crippen LogP contribution in [0.4, 0.5) is 15.9 Å². The standard InChI is InChI=1S/C16H20FN3O3S/c1-12-10-14(5-6-15(12)17)24(21,22)20-13-4-7-16(19-11-13)18-8-3-9-23-2/h4-7,10-11,20H,3,8-9H2,1-2H3,(H,18,19). The highest BCUT2D eigenvalue weighted by atomic mass is 32.2. The molecule has 8 heteroatoms. The molecule has 2 N–H and O–H groups in total. The first-order valence-electron chi connectivity index (χ1n) is 7.40. The van der Waals surface area contributed by atoms with Crippen LogP contribution in [0.25, 0.3) is 0 Å². The minimum absolute atomic E-state index is 0.00293. The van der Waals surface area contributed by atoms with Gasteiger partial charge in [0.2, 0.25) is 0 Å². The van der Waals surface area contributed by atoms with Crippen molar-refractivity contribution in [3.8, 4) is 0 Å². The van der Waals surface area contributed by atoms with Gasteiger partial charge in [-0.25, -0.2) is 17.8 Å². The lowest BCUT2D eigenvalue weighted by molar-refractivity contribution is 0.198. The van der Waals surface area contributed by atoms with Crippen LogP contribution in [0.2, 0.25) is 0 Å². The highest BCUT2D eigenvalue weighted by Gasteiger charge is 2.15. The highest BCUT2D eigenvalue weighted by Crippen LogP contribution is 2.18. The van der Waals surface area contributed by atoms with Gasteiger partial charge in [-0.3, -0.25) is 4.72 Å². The van der Waals surface area contributed by atoms with Gasteiger partial charge < -0.3 is 10.1 Å². The molecule has 1 aromatic heterocycles. The van der Waals surface area contributed by atoms with E-state index < -0.39 is 15.8 Å². The molecule has 0 saturated carbocycles. The van der Waals surface area contributed by atoms with Gasteiger partial charge >= 0.3 is 0 Å². The maximum atomic E-state index is 13.3. The van der Waals surface area contributed by atoms with E-state index in [1.54, 1.807) is 19.2 Å². The summed E-state index contributed by atoms with van der Waals surface area (Å²) in [5.74, 6) is 0.200. The van der Waals surface area contributed by atoms with E-state index in [1.807, 2.05) is 0 Å². The first-order chi connectivity index (χ1) is 11.4. The van der Waals surface area contributed by atoms with Gasteiger partial charge in [-0.05, 0) is 49.2 Å². The number of hydrogen-bond donors (Lipinski definition) is 2. The van der Waals surface area contributed by atoms with Gasteiger partial charge in [-0.2, -0.15) is 0 Å². The third-order valence-electron chi connectivity index (χ3n) is 3.29. The Balaban J connectivity index is 2.03. The van der Waals surface area contributed by atoms with E-state index in [4.69, 9.17) is 4.74 Å². The molecule has 0 saturated heterocycles.